The quantitative estimate of drug-likeness (QED) is 0.886. The zero-order valence-electron chi connectivity index (χ0n) is 12.2. The Morgan fingerprint density at radius 2 is 1.95 bits per heavy atom. The Balaban J connectivity index is 1.62. The van der Waals surface area contributed by atoms with E-state index in [0.29, 0.717) is 25.2 Å². The van der Waals surface area contributed by atoms with Crippen LogP contribution in [0.25, 0.3) is 0 Å². The van der Waals surface area contributed by atoms with Gasteiger partial charge < -0.3 is 5.32 Å². The molecule has 0 aromatic heterocycles. The molecule has 2 aliphatic rings. The molecule has 1 aromatic carbocycles. The second-order valence-electron chi connectivity index (χ2n) is 6.00. The van der Waals surface area contributed by atoms with Crippen molar-refractivity contribution in [3.05, 3.63) is 33.8 Å². The van der Waals surface area contributed by atoms with Crippen molar-refractivity contribution in [2.45, 2.75) is 37.8 Å². The molecule has 6 heteroatoms. The maximum absolute atomic E-state index is 11.5. The number of hydrogen-bond acceptors (Lipinski definition) is 3. The van der Waals surface area contributed by atoms with Crippen molar-refractivity contribution in [2.75, 3.05) is 19.3 Å². The molecule has 21 heavy (non-hydrogen) atoms. The summed E-state index contributed by atoms with van der Waals surface area (Å²) >= 11 is 3.63. The molecule has 1 unspecified atom stereocenters. The highest BCUT2D eigenvalue weighted by molar-refractivity contribution is 9.10. The number of piperidine rings is 1. The van der Waals surface area contributed by atoms with Gasteiger partial charge in [0.2, 0.25) is 10.0 Å². The van der Waals surface area contributed by atoms with Crippen molar-refractivity contribution in [2.24, 2.45) is 0 Å². The lowest BCUT2D eigenvalue weighted by Gasteiger charge is -2.32. The molecule has 1 heterocycles. The van der Waals surface area contributed by atoms with Crippen molar-refractivity contribution in [3.8, 4) is 0 Å². The Bertz CT molecular complexity index is 625. The molecule has 0 bridgehead atoms. The zero-order chi connectivity index (χ0) is 15.0. The van der Waals surface area contributed by atoms with Crippen molar-refractivity contribution in [1.82, 2.24) is 9.62 Å². The number of nitrogens with one attached hydrogen (secondary N) is 1. The van der Waals surface area contributed by atoms with Crippen LogP contribution in [-0.2, 0) is 16.4 Å². The molecule has 1 saturated heterocycles. The minimum Gasteiger partial charge on any atom is -0.307 e. The Kier molecular flexibility index (Phi) is 4.41. The predicted octanol–water partition coefficient (Wildman–Crippen LogP) is 2.45. The monoisotopic (exact) mass is 372 g/mol. The molecule has 1 aliphatic carbocycles. The third-order valence-corrected chi connectivity index (χ3v) is 6.62. The van der Waals surface area contributed by atoms with E-state index >= 15 is 0 Å². The summed E-state index contributed by atoms with van der Waals surface area (Å²) in [6.45, 7) is 1.27. The fourth-order valence-corrected chi connectivity index (χ4v) is 4.88. The van der Waals surface area contributed by atoms with Crippen LogP contribution < -0.4 is 5.32 Å². The van der Waals surface area contributed by atoms with Gasteiger partial charge in [0, 0.05) is 29.6 Å². The summed E-state index contributed by atoms with van der Waals surface area (Å²) in [6, 6.07) is 7.22. The largest absolute Gasteiger partial charge is 0.307 e. The number of benzene rings is 1. The minimum absolute atomic E-state index is 0.410. The molecular formula is C15H21BrN2O2S. The third-order valence-electron chi connectivity index (χ3n) is 4.57. The summed E-state index contributed by atoms with van der Waals surface area (Å²) in [5.41, 5.74) is 2.82. The highest BCUT2D eigenvalue weighted by Gasteiger charge is 2.29. The summed E-state index contributed by atoms with van der Waals surface area (Å²) in [5.74, 6) is 0. The first-order valence-corrected chi connectivity index (χ1v) is 10.1. The minimum atomic E-state index is -3.03. The number of rotatable bonds is 3. The Hall–Kier alpha value is -0.430. The standard InChI is InChI=1S/C15H21BrN2O2S/c1-21(19,20)18-9-7-11(8-10-18)17-15-6-5-12-13(15)3-2-4-14(12)16/h2-4,11,15,17H,5-10H2,1H3. The van der Waals surface area contributed by atoms with E-state index in [-0.39, 0.29) is 0 Å². The number of nitrogens with zero attached hydrogens (tertiary/aromatic N) is 1. The van der Waals surface area contributed by atoms with Crippen LogP contribution in [0.2, 0.25) is 0 Å². The van der Waals surface area contributed by atoms with Gasteiger partial charge in [-0.2, -0.15) is 0 Å². The summed E-state index contributed by atoms with van der Waals surface area (Å²) in [6.07, 6.45) is 5.33. The van der Waals surface area contributed by atoms with Crippen LogP contribution in [0.5, 0.6) is 0 Å². The topological polar surface area (TPSA) is 49.4 Å². The molecule has 116 valence electrons. The van der Waals surface area contributed by atoms with E-state index in [1.165, 1.54) is 21.9 Å². The number of halogens is 1. The predicted molar refractivity (Wildman–Crippen MR) is 87.8 cm³/mol. The molecule has 1 N–H and O–H groups in total. The number of hydrogen-bond donors (Lipinski definition) is 1. The van der Waals surface area contributed by atoms with Gasteiger partial charge in [-0.1, -0.05) is 28.1 Å². The van der Waals surface area contributed by atoms with Crippen molar-refractivity contribution in [3.63, 3.8) is 0 Å². The molecular weight excluding hydrogens is 352 g/mol. The molecule has 0 spiro atoms. The van der Waals surface area contributed by atoms with Gasteiger partial charge in [0.15, 0.2) is 0 Å². The SMILES string of the molecule is CS(=O)(=O)N1CCC(NC2CCc3c(Br)cccc32)CC1. The van der Waals surface area contributed by atoms with Crippen molar-refractivity contribution < 1.29 is 8.42 Å². The second-order valence-corrected chi connectivity index (χ2v) is 8.84. The Labute approximate surface area is 135 Å². The van der Waals surface area contributed by atoms with Crippen molar-refractivity contribution >= 4 is 26.0 Å². The summed E-state index contributed by atoms with van der Waals surface area (Å²) in [7, 11) is -3.03. The maximum Gasteiger partial charge on any atom is 0.211 e. The van der Waals surface area contributed by atoms with E-state index in [1.807, 2.05) is 0 Å². The molecule has 3 rings (SSSR count). The summed E-state index contributed by atoms with van der Waals surface area (Å²) in [5, 5.41) is 3.73. The van der Waals surface area contributed by atoms with E-state index in [1.54, 1.807) is 4.31 Å². The van der Waals surface area contributed by atoms with E-state index in [0.717, 1.165) is 25.7 Å². The van der Waals surface area contributed by atoms with Gasteiger partial charge >= 0.3 is 0 Å². The fourth-order valence-electron chi connectivity index (χ4n) is 3.42. The zero-order valence-corrected chi connectivity index (χ0v) is 14.6. The van der Waals surface area contributed by atoms with Gasteiger partial charge in [0.05, 0.1) is 6.26 Å². The molecule has 1 aromatic rings. The van der Waals surface area contributed by atoms with Crippen LogP contribution in [0.4, 0.5) is 0 Å². The normalized spacial score (nSPS) is 24.2. The average molecular weight is 373 g/mol. The van der Waals surface area contributed by atoms with Crippen LogP contribution in [0.1, 0.15) is 36.4 Å². The first-order valence-electron chi connectivity index (χ1n) is 7.43. The van der Waals surface area contributed by atoms with Gasteiger partial charge in [-0.3, -0.25) is 0 Å². The summed E-state index contributed by atoms with van der Waals surface area (Å²) < 4.78 is 25.9. The first kappa shape index (κ1) is 15.5. The molecule has 1 atom stereocenters. The van der Waals surface area contributed by atoms with Crippen LogP contribution in [-0.4, -0.2) is 38.1 Å². The lowest BCUT2D eigenvalue weighted by Crippen LogP contribution is -2.45. The van der Waals surface area contributed by atoms with Crippen LogP contribution in [0.15, 0.2) is 22.7 Å². The third kappa shape index (κ3) is 3.33. The van der Waals surface area contributed by atoms with Gasteiger partial charge in [0.1, 0.15) is 0 Å². The molecule has 4 nitrogen and oxygen atoms in total. The molecule has 1 aliphatic heterocycles. The van der Waals surface area contributed by atoms with Crippen molar-refractivity contribution in [1.29, 1.82) is 0 Å². The first-order chi connectivity index (χ1) is 9.95. The van der Waals surface area contributed by atoms with E-state index < -0.39 is 10.0 Å². The number of fused-ring (bicyclic) bond motifs is 1. The fraction of sp³-hybridized carbons (Fsp3) is 0.600. The number of sulfonamides is 1. The van der Waals surface area contributed by atoms with Crippen LogP contribution >= 0.6 is 15.9 Å². The van der Waals surface area contributed by atoms with E-state index in [2.05, 4.69) is 39.4 Å². The second kappa shape index (κ2) is 5.99. The summed E-state index contributed by atoms with van der Waals surface area (Å²) in [4.78, 5) is 0. The molecule has 0 saturated carbocycles. The molecule has 0 amide bonds. The maximum atomic E-state index is 11.5. The smallest absolute Gasteiger partial charge is 0.211 e. The van der Waals surface area contributed by atoms with E-state index in [9.17, 15) is 8.42 Å². The Morgan fingerprint density at radius 3 is 2.62 bits per heavy atom. The van der Waals surface area contributed by atoms with Crippen LogP contribution in [0.3, 0.4) is 0 Å². The lowest BCUT2D eigenvalue weighted by molar-refractivity contribution is 0.274. The van der Waals surface area contributed by atoms with Gasteiger partial charge in [-0.05, 0) is 42.9 Å². The highest BCUT2D eigenvalue weighted by Crippen LogP contribution is 2.36. The lowest BCUT2D eigenvalue weighted by atomic mass is 10.0. The molecule has 1 fully saturated rings. The average Bonchev–Trinajstić information content (AvgIpc) is 2.83. The molecule has 0 radical (unpaired) electrons. The van der Waals surface area contributed by atoms with Gasteiger partial charge in [0.25, 0.3) is 0 Å². The highest BCUT2D eigenvalue weighted by atomic mass is 79.9. The van der Waals surface area contributed by atoms with E-state index in [4.69, 9.17) is 0 Å². The van der Waals surface area contributed by atoms with Gasteiger partial charge in [-0.15, -0.1) is 0 Å². The van der Waals surface area contributed by atoms with Crippen LogP contribution in [0, 0.1) is 0 Å². The Morgan fingerprint density at radius 1 is 1.24 bits per heavy atom. The van der Waals surface area contributed by atoms with Gasteiger partial charge in [-0.25, -0.2) is 12.7 Å².